The Morgan fingerprint density at radius 3 is 2.54 bits per heavy atom. The Kier molecular flexibility index (Phi) is 7.34. The molecule has 4 aromatic rings. The predicted molar refractivity (Wildman–Crippen MR) is 152 cm³/mol. The van der Waals surface area contributed by atoms with E-state index in [1.54, 1.807) is 17.3 Å². The van der Waals surface area contributed by atoms with Gasteiger partial charge in [0.2, 0.25) is 5.95 Å². The number of ether oxygens (including phenoxy) is 1. The summed E-state index contributed by atoms with van der Waals surface area (Å²) in [5.41, 5.74) is 3.28. The summed E-state index contributed by atoms with van der Waals surface area (Å²) in [4.78, 5) is 39.9. The fraction of sp³-hybridized carbons (Fsp3) is 0.393. The first kappa shape index (κ1) is 26.4. The van der Waals surface area contributed by atoms with Crippen molar-refractivity contribution in [1.29, 1.82) is 0 Å². The molecule has 1 aliphatic rings. The van der Waals surface area contributed by atoms with Crippen LogP contribution in [0.2, 0.25) is 0 Å². The molecule has 0 saturated carbocycles. The molecule has 0 unspecified atom stereocenters. The van der Waals surface area contributed by atoms with E-state index in [0.717, 1.165) is 47.6 Å². The van der Waals surface area contributed by atoms with Crippen LogP contribution in [0.4, 0.5) is 22.4 Å². The number of hydrogen-bond donors (Lipinski definition) is 2. The minimum atomic E-state index is -0.483. The van der Waals surface area contributed by atoms with Gasteiger partial charge in [0.1, 0.15) is 17.2 Å². The second kappa shape index (κ2) is 10.9. The molecule has 0 radical (unpaired) electrons. The molecule has 1 amide bonds. The van der Waals surface area contributed by atoms with Gasteiger partial charge in [-0.2, -0.15) is 0 Å². The molecule has 11 nitrogen and oxygen atoms in total. The molecule has 204 valence electrons. The van der Waals surface area contributed by atoms with Gasteiger partial charge in [-0.05, 0) is 62.7 Å². The van der Waals surface area contributed by atoms with E-state index in [1.165, 1.54) is 0 Å². The summed E-state index contributed by atoms with van der Waals surface area (Å²) in [7, 11) is 3.91. The molecule has 0 bridgehead atoms. The van der Waals surface area contributed by atoms with Gasteiger partial charge in [0.25, 0.3) is 0 Å². The summed E-state index contributed by atoms with van der Waals surface area (Å²) in [5, 5.41) is 3.29. The molecule has 0 atom stereocenters. The Morgan fingerprint density at radius 2 is 1.79 bits per heavy atom. The first-order valence-electron chi connectivity index (χ1n) is 13.1. The highest BCUT2D eigenvalue weighted by Gasteiger charge is 2.25. The highest BCUT2D eigenvalue weighted by molar-refractivity contribution is 5.83. The number of imidazole rings is 1. The standard InChI is InChI=1S/C28H35N9O2/c1-28(2,3)39-27(38)37-14-12-36(13-15-37)18-19-8-10-29-23(16-19)33-26-31-21-7-6-20(17-22(21)32-26)25-30-11-9-24(34-25)35(4)5/h6-11,16-17H,12-15,18H2,1-5H3,(H2,29,31,32,33). The lowest BCUT2D eigenvalue weighted by Crippen LogP contribution is -2.49. The molecular formula is C28H35N9O2. The quantitative estimate of drug-likeness (QED) is 0.378. The minimum absolute atomic E-state index is 0.245. The average Bonchev–Trinajstić information content (AvgIpc) is 3.30. The molecule has 0 spiro atoms. The van der Waals surface area contributed by atoms with Crippen LogP contribution >= 0.6 is 0 Å². The molecule has 4 heterocycles. The smallest absolute Gasteiger partial charge is 0.410 e. The SMILES string of the molecule is CN(C)c1ccnc(-c2ccc3nc(Nc4cc(CN5CCN(C(=O)OC(C)(C)C)CC5)ccn4)[nH]c3c2)n1. The van der Waals surface area contributed by atoms with Gasteiger partial charge in [-0.25, -0.2) is 24.7 Å². The van der Waals surface area contributed by atoms with Crippen LogP contribution in [-0.2, 0) is 11.3 Å². The number of aromatic amines is 1. The van der Waals surface area contributed by atoms with Gasteiger partial charge in [0, 0.05) is 64.8 Å². The summed E-state index contributed by atoms with van der Waals surface area (Å²) < 4.78 is 5.50. The maximum atomic E-state index is 12.3. The number of benzene rings is 1. The predicted octanol–water partition coefficient (Wildman–Crippen LogP) is 4.28. The fourth-order valence-electron chi connectivity index (χ4n) is 4.38. The van der Waals surface area contributed by atoms with E-state index in [4.69, 9.17) is 4.74 Å². The third kappa shape index (κ3) is 6.61. The Balaban J connectivity index is 1.22. The van der Waals surface area contributed by atoms with Gasteiger partial charge in [0.15, 0.2) is 5.82 Å². The van der Waals surface area contributed by atoms with Crippen LogP contribution in [0.15, 0.2) is 48.8 Å². The average molecular weight is 530 g/mol. The third-order valence-electron chi connectivity index (χ3n) is 6.34. The summed E-state index contributed by atoms with van der Waals surface area (Å²) in [6.07, 6.45) is 3.32. The number of aromatic nitrogens is 5. The van der Waals surface area contributed by atoms with Crippen molar-refractivity contribution >= 4 is 34.7 Å². The lowest BCUT2D eigenvalue weighted by atomic mass is 10.2. The zero-order valence-electron chi connectivity index (χ0n) is 23.1. The van der Waals surface area contributed by atoms with Crippen molar-refractivity contribution in [2.75, 3.05) is 50.5 Å². The van der Waals surface area contributed by atoms with Crippen molar-refractivity contribution in [2.45, 2.75) is 32.9 Å². The van der Waals surface area contributed by atoms with Crippen LogP contribution in [0.25, 0.3) is 22.4 Å². The number of carbonyl (C=O) groups is 1. The lowest BCUT2D eigenvalue weighted by Gasteiger charge is -2.35. The van der Waals surface area contributed by atoms with Crippen molar-refractivity contribution in [3.63, 3.8) is 0 Å². The summed E-state index contributed by atoms with van der Waals surface area (Å²) >= 11 is 0. The Morgan fingerprint density at radius 1 is 1.03 bits per heavy atom. The third-order valence-corrected chi connectivity index (χ3v) is 6.34. The Bertz CT molecular complexity index is 1450. The maximum Gasteiger partial charge on any atom is 0.410 e. The van der Waals surface area contributed by atoms with Crippen molar-refractivity contribution in [3.8, 4) is 11.4 Å². The molecule has 5 rings (SSSR count). The number of piperazine rings is 1. The summed E-state index contributed by atoms with van der Waals surface area (Å²) in [6, 6.07) is 11.9. The number of pyridine rings is 1. The van der Waals surface area contributed by atoms with Gasteiger partial charge < -0.3 is 24.8 Å². The topological polar surface area (TPSA) is 115 Å². The van der Waals surface area contributed by atoms with E-state index in [2.05, 4.69) is 35.1 Å². The normalized spacial score (nSPS) is 14.4. The van der Waals surface area contributed by atoms with E-state index in [0.29, 0.717) is 30.7 Å². The van der Waals surface area contributed by atoms with E-state index in [9.17, 15) is 4.79 Å². The molecule has 2 N–H and O–H groups in total. The monoisotopic (exact) mass is 529 g/mol. The first-order valence-corrected chi connectivity index (χ1v) is 13.1. The molecule has 3 aromatic heterocycles. The molecule has 1 aliphatic heterocycles. The van der Waals surface area contributed by atoms with Gasteiger partial charge in [-0.3, -0.25) is 4.90 Å². The van der Waals surface area contributed by atoms with Crippen molar-refractivity contribution < 1.29 is 9.53 Å². The molecule has 11 heteroatoms. The van der Waals surface area contributed by atoms with Crippen LogP contribution in [0.5, 0.6) is 0 Å². The van der Waals surface area contributed by atoms with Crippen molar-refractivity contribution in [2.24, 2.45) is 0 Å². The molecular weight excluding hydrogens is 494 g/mol. The fourth-order valence-corrected chi connectivity index (χ4v) is 4.38. The van der Waals surface area contributed by atoms with Crippen LogP contribution in [0.3, 0.4) is 0 Å². The van der Waals surface area contributed by atoms with Crippen LogP contribution in [0, 0.1) is 0 Å². The van der Waals surface area contributed by atoms with Gasteiger partial charge in [-0.1, -0.05) is 0 Å². The molecule has 0 aliphatic carbocycles. The van der Waals surface area contributed by atoms with Crippen molar-refractivity contribution in [1.82, 2.24) is 34.7 Å². The van der Waals surface area contributed by atoms with Crippen LogP contribution in [0.1, 0.15) is 26.3 Å². The van der Waals surface area contributed by atoms with Gasteiger partial charge >= 0.3 is 6.09 Å². The van der Waals surface area contributed by atoms with E-state index in [-0.39, 0.29) is 6.09 Å². The molecule has 1 saturated heterocycles. The van der Waals surface area contributed by atoms with E-state index >= 15 is 0 Å². The first-order chi connectivity index (χ1) is 18.6. The van der Waals surface area contributed by atoms with Crippen molar-refractivity contribution in [3.05, 3.63) is 54.4 Å². The highest BCUT2D eigenvalue weighted by atomic mass is 16.6. The second-order valence-corrected chi connectivity index (χ2v) is 10.9. The maximum absolute atomic E-state index is 12.3. The van der Waals surface area contributed by atoms with E-state index < -0.39 is 5.60 Å². The second-order valence-electron chi connectivity index (χ2n) is 10.9. The molecule has 1 fully saturated rings. The summed E-state index contributed by atoms with van der Waals surface area (Å²) in [6.45, 7) is 9.31. The number of anilines is 3. The minimum Gasteiger partial charge on any atom is -0.444 e. The number of nitrogens with one attached hydrogen (secondary N) is 2. The number of amides is 1. The number of hydrogen-bond acceptors (Lipinski definition) is 9. The zero-order valence-corrected chi connectivity index (χ0v) is 23.1. The Labute approximate surface area is 228 Å². The molecule has 39 heavy (non-hydrogen) atoms. The van der Waals surface area contributed by atoms with Crippen LogP contribution < -0.4 is 10.2 Å². The number of H-pyrrole nitrogens is 1. The number of nitrogens with zero attached hydrogens (tertiary/aromatic N) is 7. The largest absolute Gasteiger partial charge is 0.444 e. The summed E-state index contributed by atoms with van der Waals surface area (Å²) in [5.74, 6) is 2.83. The number of rotatable bonds is 6. The number of fused-ring (bicyclic) bond motifs is 1. The van der Waals surface area contributed by atoms with Gasteiger partial charge in [0.05, 0.1) is 11.0 Å². The highest BCUT2D eigenvalue weighted by Crippen LogP contribution is 2.24. The Hall–Kier alpha value is -4.25. The zero-order chi connectivity index (χ0) is 27.6. The lowest BCUT2D eigenvalue weighted by molar-refractivity contribution is 0.0139. The molecule has 1 aromatic carbocycles. The van der Waals surface area contributed by atoms with Gasteiger partial charge in [-0.15, -0.1) is 0 Å². The van der Waals surface area contributed by atoms with Crippen LogP contribution in [-0.4, -0.2) is 86.7 Å². The van der Waals surface area contributed by atoms with E-state index in [1.807, 2.05) is 76.2 Å². The number of carbonyl (C=O) groups excluding carboxylic acids is 1.